The van der Waals surface area contributed by atoms with Crippen LogP contribution >= 0.6 is 11.6 Å². The Morgan fingerprint density at radius 1 is 1.12 bits per heavy atom. The molecule has 2 atom stereocenters. The summed E-state index contributed by atoms with van der Waals surface area (Å²) in [6.07, 6.45) is 4.99. The highest BCUT2D eigenvalue weighted by atomic mass is 35.5. The van der Waals surface area contributed by atoms with Crippen LogP contribution < -0.4 is 4.90 Å². The SMILES string of the molecule is Cc1ccc(-n2nccn2)c(C(=O)N2C[C@@H]3C[C@@H]2CCN3c2nc3cc(Cl)ccc3o2)c1. The Morgan fingerprint density at radius 2 is 1.97 bits per heavy atom. The largest absolute Gasteiger partial charge is 0.423 e. The van der Waals surface area contributed by atoms with Gasteiger partial charge in [-0.1, -0.05) is 23.2 Å². The average molecular weight is 449 g/mol. The van der Waals surface area contributed by atoms with Gasteiger partial charge in [-0.3, -0.25) is 4.79 Å². The Morgan fingerprint density at radius 3 is 2.81 bits per heavy atom. The van der Waals surface area contributed by atoms with Gasteiger partial charge in [-0.25, -0.2) is 0 Å². The van der Waals surface area contributed by atoms with Crippen molar-refractivity contribution in [2.75, 3.05) is 18.0 Å². The molecule has 1 amide bonds. The van der Waals surface area contributed by atoms with Crippen LogP contribution in [0.1, 0.15) is 28.8 Å². The highest BCUT2D eigenvalue weighted by Crippen LogP contribution is 2.36. The lowest BCUT2D eigenvalue weighted by Gasteiger charge is -2.31. The smallest absolute Gasteiger partial charge is 0.298 e. The molecule has 0 radical (unpaired) electrons. The summed E-state index contributed by atoms with van der Waals surface area (Å²) in [6.45, 7) is 3.41. The van der Waals surface area contributed by atoms with Crippen molar-refractivity contribution in [1.82, 2.24) is 24.9 Å². The zero-order valence-corrected chi connectivity index (χ0v) is 18.2. The van der Waals surface area contributed by atoms with Gasteiger partial charge in [0.25, 0.3) is 11.9 Å². The number of benzene rings is 2. The first-order chi connectivity index (χ1) is 15.6. The standard InChI is InChI=1S/C23H21ClN6O2/c1-14-2-4-20(30-25-7-8-26-30)18(10-14)22(31)29-13-17-12-16(29)6-9-28(17)23-27-19-11-15(24)3-5-21(19)32-23/h2-5,7-8,10-11,16-17H,6,9,12-13H2,1H3/t16-,17-/m0/s1. The molecular formula is C23H21ClN6O2. The van der Waals surface area contributed by atoms with Gasteiger partial charge < -0.3 is 14.2 Å². The molecule has 0 saturated carbocycles. The van der Waals surface area contributed by atoms with Crippen LogP contribution in [0.5, 0.6) is 0 Å². The molecular weight excluding hydrogens is 428 g/mol. The highest BCUT2D eigenvalue weighted by molar-refractivity contribution is 6.31. The molecule has 6 rings (SSSR count). The highest BCUT2D eigenvalue weighted by Gasteiger charge is 2.43. The number of carbonyl (C=O) groups is 1. The molecule has 0 aliphatic carbocycles. The number of anilines is 1. The van der Waals surface area contributed by atoms with Crippen LogP contribution in [0.2, 0.25) is 5.02 Å². The fourth-order valence-electron chi connectivity index (χ4n) is 4.86. The van der Waals surface area contributed by atoms with Crippen LogP contribution in [0.15, 0.2) is 53.2 Å². The predicted molar refractivity (Wildman–Crippen MR) is 120 cm³/mol. The third-order valence-corrected chi connectivity index (χ3v) is 6.63. The molecule has 162 valence electrons. The fraction of sp³-hybridized carbons (Fsp3) is 0.304. The summed E-state index contributed by atoms with van der Waals surface area (Å²) in [6, 6.07) is 12.2. The molecule has 2 aliphatic rings. The van der Waals surface area contributed by atoms with Crippen molar-refractivity contribution in [2.24, 2.45) is 0 Å². The summed E-state index contributed by atoms with van der Waals surface area (Å²) in [7, 11) is 0. The van der Waals surface area contributed by atoms with E-state index >= 15 is 0 Å². The predicted octanol–water partition coefficient (Wildman–Crippen LogP) is 3.86. The van der Waals surface area contributed by atoms with Gasteiger partial charge in [0.1, 0.15) is 5.52 Å². The number of hydrogen-bond donors (Lipinski definition) is 0. The van der Waals surface area contributed by atoms with Gasteiger partial charge in [0.05, 0.1) is 29.7 Å². The molecule has 0 unspecified atom stereocenters. The van der Waals surface area contributed by atoms with Gasteiger partial charge in [0.15, 0.2) is 5.58 Å². The van der Waals surface area contributed by atoms with Gasteiger partial charge in [0, 0.05) is 24.2 Å². The zero-order valence-electron chi connectivity index (χ0n) is 17.5. The van der Waals surface area contributed by atoms with Crippen molar-refractivity contribution >= 4 is 34.6 Å². The maximum Gasteiger partial charge on any atom is 0.298 e. The van der Waals surface area contributed by atoms with E-state index in [9.17, 15) is 4.79 Å². The third-order valence-electron chi connectivity index (χ3n) is 6.40. The van der Waals surface area contributed by atoms with E-state index in [1.165, 1.54) is 4.80 Å². The van der Waals surface area contributed by atoms with E-state index in [1.807, 2.05) is 42.2 Å². The minimum Gasteiger partial charge on any atom is -0.423 e. The van der Waals surface area contributed by atoms with Crippen LogP contribution in [-0.4, -0.2) is 56.0 Å². The van der Waals surface area contributed by atoms with Crippen LogP contribution in [-0.2, 0) is 0 Å². The number of aryl methyl sites for hydroxylation is 1. The summed E-state index contributed by atoms with van der Waals surface area (Å²) in [4.78, 5) is 24.0. The van der Waals surface area contributed by atoms with Crippen LogP contribution in [0.4, 0.5) is 6.01 Å². The van der Waals surface area contributed by atoms with Crippen molar-refractivity contribution in [2.45, 2.75) is 31.8 Å². The van der Waals surface area contributed by atoms with E-state index in [-0.39, 0.29) is 18.0 Å². The van der Waals surface area contributed by atoms with Gasteiger partial charge in [-0.2, -0.15) is 20.0 Å². The quantitative estimate of drug-likeness (QED) is 0.473. The Hall–Kier alpha value is -3.39. The van der Waals surface area contributed by atoms with E-state index < -0.39 is 0 Å². The summed E-state index contributed by atoms with van der Waals surface area (Å²) in [5.74, 6) is 0.0136. The van der Waals surface area contributed by atoms with Crippen molar-refractivity contribution in [3.63, 3.8) is 0 Å². The maximum atomic E-state index is 13.7. The topological polar surface area (TPSA) is 80.3 Å². The summed E-state index contributed by atoms with van der Waals surface area (Å²) in [5, 5.41) is 9.09. The minimum atomic E-state index is 0.0136. The molecule has 2 aliphatic heterocycles. The Bertz CT molecular complexity index is 1320. The lowest BCUT2D eigenvalue weighted by Crippen LogP contribution is -2.40. The number of fused-ring (bicyclic) bond motifs is 3. The second-order valence-corrected chi connectivity index (χ2v) is 8.87. The lowest BCUT2D eigenvalue weighted by atomic mass is 10.0. The molecule has 0 spiro atoms. The molecule has 4 aromatic rings. The van der Waals surface area contributed by atoms with Gasteiger partial charge in [-0.15, -0.1) is 0 Å². The number of piperidine rings is 1. The molecule has 0 N–H and O–H groups in total. The van der Waals surface area contributed by atoms with E-state index in [2.05, 4.69) is 20.1 Å². The average Bonchev–Trinajstić information content (AvgIpc) is 3.52. The number of halogens is 1. The van der Waals surface area contributed by atoms with E-state index in [1.54, 1.807) is 18.5 Å². The molecule has 2 bridgehead atoms. The number of aromatic nitrogens is 4. The van der Waals surface area contributed by atoms with Gasteiger partial charge >= 0.3 is 0 Å². The van der Waals surface area contributed by atoms with Crippen molar-refractivity contribution in [3.8, 4) is 5.69 Å². The molecule has 2 saturated heterocycles. The maximum absolute atomic E-state index is 13.7. The normalized spacial score (nSPS) is 20.3. The summed E-state index contributed by atoms with van der Waals surface area (Å²) in [5.41, 5.74) is 3.81. The first-order valence-corrected chi connectivity index (χ1v) is 11.1. The van der Waals surface area contributed by atoms with Gasteiger partial charge in [0.2, 0.25) is 0 Å². The molecule has 8 nitrogen and oxygen atoms in total. The molecule has 9 heteroatoms. The summed E-state index contributed by atoms with van der Waals surface area (Å²) < 4.78 is 6.01. The lowest BCUT2D eigenvalue weighted by molar-refractivity contribution is 0.0735. The number of hydrogen-bond acceptors (Lipinski definition) is 6. The number of nitrogens with zero attached hydrogens (tertiary/aromatic N) is 6. The van der Waals surface area contributed by atoms with Crippen molar-refractivity contribution < 1.29 is 9.21 Å². The van der Waals surface area contributed by atoms with Crippen LogP contribution in [0.3, 0.4) is 0 Å². The first-order valence-electron chi connectivity index (χ1n) is 10.7. The van der Waals surface area contributed by atoms with Crippen molar-refractivity contribution in [1.29, 1.82) is 0 Å². The summed E-state index contributed by atoms with van der Waals surface area (Å²) >= 11 is 6.10. The van der Waals surface area contributed by atoms with Crippen LogP contribution in [0, 0.1) is 6.92 Å². The number of amides is 1. The number of rotatable bonds is 3. The number of carbonyl (C=O) groups excluding carboxylic acids is 1. The molecule has 2 fully saturated rings. The van der Waals surface area contributed by atoms with E-state index in [0.717, 1.165) is 30.5 Å². The minimum absolute atomic E-state index is 0.0136. The number of oxazole rings is 1. The zero-order chi connectivity index (χ0) is 21.8. The molecule has 4 heterocycles. The van der Waals surface area contributed by atoms with E-state index in [0.29, 0.717) is 34.4 Å². The monoisotopic (exact) mass is 448 g/mol. The first kappa shape index (κ1) is 19.3. The molecule has 2 aromatic carbocycles. The number of likely N-dealkylation sites (tertiary alicyclic amines) is 1. The second-order valence-electron chi connectivity index (χ2n) is 8.43. The van der Waals surface area contributed by atoms with E-state index in [4.69, 9.17) is 16.0 Å². The Kier molecular flexibility index (Phi) is 4.43. The molecule has 2 aromatic heterocycles. The van der Waals surface area contributed by atoms with Crippen LogP contribution in [0.25, 0.3) is 16.8 Å². The Balaban J connectivity index is 1.29. The molecule has 32 heavy (non-hydrogen) atoms. The van der Waals surface area contributed by atoms with Gasteiger partial charge in [-0.05, 0) is 50.1 Å². The third kappa shape index (κ3) is 3.14. The Labute approximate surface area is 189 Å². The second kappa shape index (κ2) is 7.34. The fourth-order valence-corrected chi connectivity index (χ4v) is 5.03. The van der Waals surface area contributed by atoms with Crippen molar-refractivity contribution in [3.05, 3.63) is 64.9 Å².